The number of aliphatic hydroxyl groups excluding tert-OH is 1. The van der Waals surface area contributed by atoms with Crippen LogP contribution in [-0.4, -0.2) is 77.5 Å². The summed E-state index contributed by atoms with van der Waals surface area (Å²) in [6, 6.07) is 7.88. The van der Waals surface area contributed by atoms with E-state index < -0.39 is 0 Å². The molecule has 6 nitrogen and oxygen atoms in total. The number of piperazine rings is 1. The maximum absolute atomic E-state index is 13.2. The maximum Gasteiger partial charge on any atom is 0.254 e. The van der Waals surface area contributed by atoms with E-state index >= 15 is 0 Å². The van der Waals surface area contributed by atoms with Crippen molar-refractivity contribution in [1.82, 2.24) is 14.7 Å². The molecule has 1 aromatic carbocycles. The zero-order chi connectivity index (χ0) is 20.3. The largest absolute Gasteiger partial charge is 0.395 e. The number of hydrogen-bond acceptors (Lipinski definition) is 4. The smallest absolute Gasteiger partial charge is 0.254 e. The zero-order valence-corrected chi connectivity index (χ0v) is 17.3. The fraction of sp³-hybridized carbons (Fsp3) is 0.652. The first-order chi connectivity index (χ1) is 14.1. The lowest BCUT2D eigenvalue weighted by Gasteiger charge is -2.42. The molecule has 1 N–H and O–H groups in total. The normalized spacial score (nSPS) is 22.0. The number of hydrogen-bond donors (Lipinski definition) is 1. The van der Waals surface area contributed by atoms with Crippen molar-refractivity contribution >= 4 is 11.8 Å². The number of nitrogens with zero attached hydrogens (tertiary/aromatic N) is 3. The molecule has 0 radical (unpaired) electrons. The molecule has 2 amide bonds. The summed E-state index contributed by atoms with van der Waals surface area (Å²) in [5.41, 5.74) is 1.84. The van der Waals surface area contributed by atoms with Gasteiger partial charge in [-0.1, -0.05) is 37.5 Å². The molecule has 6 heteroatoms. The summed E-state index contributed by atoms with van der Waals surface area (Å²) in [4.78, 5) is 32.2. The molecule has 29 heavy (non-hydrogen) atoms. The third-order valence-electron chi connectivity index (χ3n) is 7.00. The standard InChI is InChI=1S/C23H33N3O3/c27-15-14-24-10-12-25(13-11-24)21(28)16-23(8-4-1-5-9-23)18-26-17-19-6-2-3-7-20(19)22(26)29/h2-3,6-7,27H,1,4-5,8-18H2. The summed E-state index contributed by atoms with van der Waals surface area (Å²) in [5, 5.41) is 9.11. The summed E-state index contributed by atoms with van der Waals surface area (Å²) in [7, 11) is 0. The van der Waals surface area contributed by atoms with Gasteiger partial charge in [-0.25, -0.2) is 0 Å². The molecular weight excluding hydrogens is 366 g/mol. The molecule has 4 rings (SSSR count). The number of carbonyl (C=O) groups excluding carboxylic acids is 2. The molecule has 1 aromatic rings. The van der Waals surface area contributed by atoms with Crippen molar-refractivity contribution < 1.29 is 14.7 Å². The highest BCUT2D eigenvalue weighted by Crippen LogP contribution is 2.42. The minimum Gasteiger partial charge on any atom is -0.395 e. The number of carbonyl (C=O) groups is 2. The van der Waals surface area contributed by atoms with Crippen molar-refractivity contribution in [3.8, 4) is 0 Å². The lowest BCUT2D eigenvalue weighted by Crippen LogP contribution is -2.51. The van der Waals surface area contributed by atoms with E-state index in [0.29, 0.717) is 26.1 Å². The SMILES string of the molecule is O=C(CC1(CN2Cc3ccccc3C2=O)CCCCC1)N1CCN(CCO)CC1. The monoisotopic (exact) mass is 399 g/mol. The minimum absolute atomic E-state index is 0.0880. The van der Waals surface area contributed by atoms with Crippen LogP contribution in [0, 0.1) is 5.41 Å². The van der Waals surface area contributed by atoms with Gasteiger partial charge >= 0.3 is 0 Å². The van der Waals surface area contributed by atoms with Gasteiger partial charge in [0.25, 0.3) is 5.91 Å². The Morgan fingerprint density at radius 2 is 1.76 bits per heavy atom. The topological polar surface area (TPSA) is 64.1 Å². The third kappa shape index (κ3) is 4.48. The van der Waals surface area contributed by atoms with Crippen molar-refractivity contribution in [2.24, 2.45) is 5.41 Å². The molecule has 0 aromatic heterocycles. The molecule has 1 saturated carbocycles. The molecule has 158 valence electrons. The van der Waals surface area contributed by atoms with E-state index in [0.717, 1.165) is 63.0 Å². The molecule has 0 bridgehead atoms. The number of fused-ring (bicyclic) bond motifs is 1. The van der Waals surface area contributed by atoms with Gasteiger partial charge in [0.2, 0.25) is 5.91 Å². The molecule has 0 unspecified atom stereocenters. The summed E-state index contributed by atoms with van der Waals surface area (Å²) in [6.45, 7) is 5.36. The highest BCUT2D eigenvalue weighted by atomic mass is 16.3. The maximum atomic E-state index is 13.2. The van der Waals surface area contributed by atoms with Gasteiger partial charge in [0.1, 0.15) is 0 Å². The van der Waals surface area contributed by atoms with Crippen LogP contribution in [0.15, 0.2) is 24.3 Å². The van der Waals surface area contributed by atoms with Crippen LogP contribution in [0.25, 0.3) is 0 Å². The summed E-state index contributed by atoms with van der Waals surface area (Å²) in [6.07, 6.45) is 6.13. The Balaban J connectivity index is 1.41. The second-order valence-corrected chi connectivity index (χ2v) is 9.00. The van der Waals surface area contributed by atoms with Crippen molar-refractivity contribution in [3.05, 3.63) is 35.4 Å². The van der Waals surface area contributed by atoms with E-state index in [9.17, 15) is 9.59 Å². The first-order valence-electron chi connectivity index (χ1n) is 11.1. The van der Waals surface area contributed by atoms with Crippen molar-refractivity contribution in [2.75, 3.05) is 45.9 Å². The Morgan fingerprint density at radius 3 is 2.45 bits per heavy atom. The van der Waals surface area contributed by atoms with Crippen LogP contribution >= 0.6 is 0 Å². The molecule has 2 aliphatic heterocycles. The first-order valence-corrected chi connectivity index (χ1v) is 11.1. The van der Waals surface area contributed by atoms with Crippen molar-refractivity contribution in [2.45, 2.75) is 45.1 Å². The van der Waals surface area contributed by atoms with E-state index in [2.05, 4.69) is 4.90 Å². The average molecular weight is 400 g/mol. The van der Waals surface area contributed by atoms with Crippen LogP contribution in [0.2, 0.25) is 0 Å². The number of benzene rings is 1. The fourth-order valence-corrected chi connectivity index (χ4v) is 5.33. The molecule has 1 aliphatic carbocycles. The lowest BCUT2D eigenvalue weighted by atomic mass is 9.71. The molecule has 2 heterocycles. The van der Waals surface area contributed by atoms with Gasteiger partial charge in [0.15, 0.2) is 0 Å². The Morgan fingerprint density at radius 1 is 1.03 bits per heavy atom. The van der Waals surface area contributed by atoms with E-state index in [4.69, 9.17) is 5.11 Å². The van der Waals surface area contributed by atoms with Crippen LogP contribution in [0.1, 0.15) is 54.4 Å². The van der Waals surface area contributed by atoms with Crippen molar-refractivity contribution in [1.29, 1.82) is 0 Å². The Kier molecular flexibility index (Phi) is 6.20. The fourth-order valence-electron chi connectivity index (χ4n) is 5.33. The predicted octanol–water partition coefficient (Wildman–Crippen LogP) is 2.12. The molecular formula is C23H33N3O3. The Hall–Kier alpha value is -1.92. The van der Waals surface area contributed by atoms with Crippen LogP contribution in [-0.2, 0) is 11.3 Å². The van der Waals surface area contributed by atoms with Crippen LogP contribution in [0.3, 0.4) is 0 Å². The van der Waals surface area contributed by atoms with E-state index in [1.54, 1.807) is 0 Å². The number of amides is 2. The number of β-amino-alcohol motifs (C(OH)–C–C–N with tert-alkyl or cyclic N) is 1. The number of rotatable bonds is 6. The molecule has 3 aliphatic rings. The van der Waals surface area contributed by atoms with Gasteiger partial charge in [0, 0.05) is 57.8 Å². The van der Waals surface area contributed by atoms with E-state index in [-0.39, 0.29) is 23.8 Å². The Labute approximate surface area is 173 Å². The van der Waals surface area contributed by atoms with Crippen LogP contribution in [0.5, 0.6) is 0 Å². The average Bonchev–Trinajstić information content (AvgIpc) is 3.05. The highest BCUT2D eigenvalue weighted by molar-refractivity contribution is 5.98. The van der Waals surface area contributed by atoms with Gasteiger partial charge in [-0.2, -0.15) is 0 Å². The molecule has 0 spiro atoms. The van der Waals surface area contributed by atoms with Crippen LogP contribution in [0.4, 0.5) is 0 Å². The lowest BCUT2D eigenvalue weighted by molar-refractivity contribution is -0.136. The van der Waals surface area contributed by atoms with Gasteiger partial charge in [0.05, 0.1) is 6.61 Å². The van der Waals surface area contributed by atoms with Gasteiger partial charge < -0.3 is 14.9 Å². The van der Waals surface area contributed by atoms with Crippen molar-refractivity contribution in [3.63, 3.8) is 0 Å². The van der Waals surface area contributed by atoms with Gasteiger partial charge in [-0.05, 0) is 29.9 Å². The summed E-state index contributed by atoms with van der Waals surface area (Å²) < 4.78 is 0. The zero-order valence-electron chi connectivity index (χ0n) is 17.3. The molecule has 0 atom stereocenters. The quantitative estimate of drug-likeness (QED) is 0.796. The first kappa shape index (κ1) is 20.4. The summed E-state index contributed by atoms with van der Waals surface area (Å²) >= 11 is 0. The van der Waals surface area contributed by atoms with E-state index in [1.165, 1.54) is 6.42 Å². The van der Waals surface area contributed by atoms with E-state index in [1.807, 2.05) is 34.1 Å². The second-order valence-electron chi connectivity index (χ2n) is 9.00. The summed E-state index contributed by atoms with van der Waals surface area (Å²) in [5.74, 6) is 0.357. The molecule has 1 saturated heterocycles. The Bertz CT molecular complexity index is 737. The predicted molar refractivity (Wildman–Crippen MR) is 111 cm³/mol. The number of aliphatic hydroxyl groups is 1. The highest BCUT2D eigenvalue weighted by Gasteiger charge is 2.40. The third-order valence-corrected chi connectivity index (χ3v) is 7.00. The molecule has 2 fully saturated rings. The second kappa shape index (κ2) is 8.84. The van der Waals surface area contributed by atoms with Gasteiger partial charge in [-0.15, -0.1) is 0 Å². The minimum atomic E-state index is -0.0880. The van der Waals surface area contributed by atoms with Gasteiger partial charge in [-0.3, -0.25) is 14.5 Å². The van der Waals surface area contributed by atoms with Crippen LogP contribution < -0.4 is 0 Å².